The number of hydroxylamine groups is 2. The van der Waals surface area contributed by atoms with Crippen LogP contribution in [0.2, 0.25) is 0 Å². The zero-order valence-electron chi connectivity index (χ0n) is 14.2. The van der Waals surface area contributed by atoms with E-state index in [1.54, 1.807) is 11.9 Å². The molecule has 0 saturated carbocycles. The molecule has 1 aromatic carbocycles. The Morgan fingerprint density at radius 1 is 1.09 bits per heavy atom. The van der Waals surface area contributed by atoms with E-state index in [1.807, 2.05) is 32.9 Å². The fourth-order valence-electron chi connectivity index (χ4n) is 4.09. The van der Waals surface area contributed by atoms with Crippen LogP contribution in [0.1, 0.15) is 35.1 Å². The van der Waals surface area contributed by atoms with E-state index in [0.29, 0.717) is 31.5 Å². The highest BCUT2D eigenvalue weighted by Gasteiger charge is 2.52. The monoisotopic (exact) mass is 316 g/mol. The maximum atomic E-state index is 12.9. The molecule has 3 rings (SSSR count). The van der Waals surface area contributed by atoms with Gasteiger partial charge in [-0.2, -0.15) is 5.06 Å². The highest BCUT2D eigenvalue weighted by atomic mass is 16.5. The van der Waals surface area contributed by atoms with Crippen molar-refractivity contribution in [1.82, 2.24) is 9.96 Å². The molecular weight excluding hydrogens is 292 g/mol. The highest BCUT2D eigenvalue weighted by molar-refractivity contribution is 6.23. The molecule has 2 aliphatic heterocycles. The summed E-state index contributed by atoms with van der Waals surface area (Å²) in [6, 6.07) is 4.08. The number of carbonyl (C=O) groups excluding carboxylic acids is 1. The number of carbonyl (C=O) groups is 1. The van der Waals surface area contributed by atoms with Gasteiger partial charge in [0, 0.05) is 20.1 Å². The number of piperidine rings is 1. The number of likely N-dealkylation sites (N-methyl/N-ethyl adjacent to an activating group) is 1. The van der Waals surface area contributed by atoms with Crippen molar-refractivity contribution in [1.29, 1.82) is 0 Å². The zero-order chi connectivity index (χ0) is 16.9. The van der Waals surface area contributed by atoms with E-state index in [9.17, 15) is 15.1 Å². The number of aliphatic hydroxyl groups is 1. The zero-order valence-corrected chi connectivity index (χ0v) is 14.2. The smallest absolute Gasteiger partial charge is 0.258 e. The first-order valence-corrected chi connectivity index (χ1v) is 8.02. The van der Waals surface area contributed by atoms with Crippen molar-refractivity contribution < 1.29 is 15.1 Å². The summed E-state index contributed by atoms with van der Waals surface area (Å²) < 4.78 is 0. The molecule has 2 aliphatic rings. The van der Waals surface area contributed by atoms with Gasteiger partial charge in [0.05, 0.1) is 5.57 Å². The molecule has 1 saturated heterocycles. The summed E-state index contributed by atoms with van der Waals surface area (Å²) in [4.78, 5) is 14.5. The summed E-state index contributed by atoms with van der Waals surface area (Å²) in [5, 5.41) is 21.9. The predicted octanol–water partition coefficient (Wildman–Crippen LogP) is 2.58. The van der Waals surface area contributed by atoms with Crippen molar-refractivity contribution in [2.75, 3.05) is 20.1 Å². The van der Waals surface area contributed by atoms with Gasteiger partial charge in [-0.1, -0.05) is 17.7 Å². The minimum atomic E-state index is -0.685. The number of amides is 1. The lowest BCUT2D eigenvalue weighted by atomic mass is 9.84. The van der Waals surface area contributed by atoms with Gasteiger partial charge in [0.15, 0.2) is 0 Å². The Morgan fingerprint density at radius 2 is 1.61 bits per heavy atom. The molecule has 0 atom stereocenters. The van der Waals surface area contributed by atoms with E-state index in [0.717, 1.165) is 22.3 Å². The maximum Gasteiger partial charge on any atom is 0.258 e. The summed E-state index contributed by atoms with van der Waals surface area (Å²) in [7, 11) is 1.75. The highest BCUT2D eigenvalue weighted by Crippen LogP contribution is 2.45. The van der Waals surface area contributed by atoms with Crippen molar-refractivity contribution in [2.45, 2.75) is 39.2 Å². The summed E-state index contributed by atoms with van der Waals surface area (Å²) in [5.74, 6) is 0.0251. The van der Waals surface area contributed by atoms with Crippen LogP contribution < -0.4 is 0 Å². The Bertz CT molecular complexity index is 677. The van der Waals surface area contributed by atoms with E-state index >= 15 is 0 Å². The molecule has 1 amide bonds. The number of benzene rings is 1. The minimum Gasteiger partial charge on any atom is -0.509 e. The average molecular weight is 316 g/mol. The predicted molar refractivity (Wildman–Crippen MR) is 88.3 cm³/mol. The molecule has 0 aliphatic carbocycles. The molecule has 23 heavy (non-hydrogen) atoms. The Labute approximate surface area is 136 Å². The van der Waals surface area contributed by atoms with Gasteiger partial charge in [-0.3, -0.25) is 4.79 Å². The van der Waals surface area contributed by atoms with Gasteiger partial charge < -0.3 is 15.2 Å². The molecule has 1 spiro atoms. The molecule has 2 heterocycles. The number of aryl methyl sites for hydroxylation is 3. The van der Waals surface area contributed by atoms with Crippen molar-refractivity contribution in [3.05, 3.63) is 40.1 Å². The van der Waals surface area contributed by atoms with Crippen LogP contribution in [0.3, 0.4) is 0 Å². The average Bonchev–Trinajstić information content (AvgIpc) is 2.65. The van der Waals surface area contributed by atoms with E-state index in [-0.39, 0.29) is 11.7 Å². The van der Waals surface area contributed by atoms with E-state index in [2.05, 4.69) is 0 Å². The molecule has 0 radical (unpaired) electrons. The van der Waals surface area contributed by atoms with Gasteiger partial charge >= 0.3 is 0 Å². The Morgan fingerprint density at radius 3 is 2.13 bits per heavy atom. The van der Waals surface area contributed by atoms with Crippen LogP contribution in [-0.4, -0.2) is 51.9 Å². The Kier molecular flexibility index (Phi) is 3.73. The number of hydrogen-bond acceptors (Lipinski definition) is 4. The summed E-state index contributed by atoms with van der Waals surface area (Å²) in [5.41, 5.74) is 3.73. The molecular formula is C18H24N2O3. The van der Waals surface area contributed by atoms with Crippen LogP contribution in [0.15, 0.2) is 17.9 Å². The standard InChI is InChI=1S/C18H24N2O3/c1-11-9-12(2)14(13(3)10-11)15-16(21)18(19(4)17(15)22)5-7-20(23)8-6-18/h9-10,21,23H,5-8H2,1-4H3. The third-order valence-corrected chi connectivity index (χ3v) is 5.33. The topological polar surface area (TPSA) is 64.0 Å². The second-order valence-corrected chi connectivity index (χ2v) is 6.85. The molecule has 1 fully saturated rings. The van der Waals surface area contributed by atoms with E-state index < -0.39 is 5.54 Å². The lowest BCUT2D eigenvalue weighted by molar-refractivity contribution is -0.141. The third kappa shape index (κ3) is 2.26. The first kappa shape index (κ1) is 16.0. The van der Waals surface area contributed by atoms with Gasteiger partial charge in [0.1, 0.15) is 11.3 Å². The molecule has 0 bridgehead atoms. The number of aliphatic hydroxyl groups excluding tert-OH is 1. The van der Waals surface area contributed by atoms with Crippen molar-refractivity contribution >= 4 is 11.5 Å². The molecule has 0 unspecified atom stereocenters. The van der Waals surface area contributed by atoms with Crippen molar-refractivity contribution in [3.63, 3.8) is 0 Å². The molecule has 2 N–H and O–H groups in total. The quantitative estimate of drug-likeness (QED) is 0.836. The van der Waals surface area contributed by atoms with Crippen molar-refractivity contribution in [2.24, 2.45) is 0 Å². The van der Waals surface area contributed by atoms with Crippen LogP contribution in [0.4, 0.5) is 0 Å². The molecule has 1 aromatic rings. The Hall–Kier alpha value is -1.85. The first-order chi connectivity index (χ1) is 10.8. The Balaban J connectivity index is 2.16. The largest absolute Gasteiger partial charge is 0.509 e. The van der Waals surface area contributed by atoms with Crippen LogP contribution in [0.5, 0.6) is 0 Å². The second-order valence-electron chi connectivity index (χ2n) is 6.85. The van der Waals surface area contributed by atoms with Crippen LogP contribution in [-0.2, 0) is 4.79 Å². The normalized spacial score (nSPS) is 21.6. The van der Waals surface area contributed by atoms with Crippen LogP contribution in [0.25, 0.3) is 5.57 Å². The summed E-state index contributed by atoms with van der Waals surface area (Å²) in [6.07, 6.45) is 1.07. The van der Waals surface area contributed by atoms with Crippen LogP contribution >= 0.6 is 0 Å². The van der Waals surface area contributed by atoms with E-state index in [4.69, 9.17) is 0 Å². The molecule has 0 aromatic heterocycles. The molecule has 5 nitrogen and oxygen atoms in total. The van der Waals surface area contributed by atoms with Gasteiger partial charge in [-0.25, -0.2) is 0 Å². The van der Waals surface area contributed by atoms with Gasteiger partial charge in [0.2, 0.25) is 0 Å². The van der Waals surface area contributed by atoms with E-state index in [1.165, 1.54) is 5.06 Å². The van der Waals surface area contributed by atoms with Crippen LogP contribution in [0, 0.1) is 20.8 Å². The fraction of sp³-hybridized carbons (Fsp3) is 0.500. The van der Waals surface area contributed by atoms with Crippen molar-refractivity contribution in [3.8, 4) is 0 Å². The second kappa shape index (κ2) is 5.35. The lowest BCUT2D eigenvalue weighted by Crippen LogP contribution is -2.53. The van der Waals surface area contributed by atoms with Gasteiger partial charge in [-0.15, -0.1) is 0 Å². The van der Waals surface area contributed by atoms with Gasteiger partial charge in [-0.05, 0) is 50.3 Å². The number of nitrogens with zero attached hydrogens (tertiary/aromatic N) is 2. The molecule has 124 valence electrons. The maximum absolute atomic E-state index is 12.9. The summed E-state index contributed by atoms with van der Waals surface area (Å²) in [6.45, 7) is 6.87. The fourth-order valence-corrected chi connectivity index (χ4v) is 4.09. The lowest BCUT2D eigenvalue weighted by Gasteiger charge is -2.41. The third-order valence-electron chi connectivity index (χ3n) is 5.33. The number of rotatable bonds is 1. The SMILES string of the molecule is Cc1cc(C)c(C2=C(O)C3(CCN(O)CC3)N(C)C2=O)c(C)c1. The number of hydrogen-bond donors (Lipinski definition) is 2. The molecule has 5 heteroatoms. The minimum absolute atomic E-state index is 0.135. The first-order valence-electron chi connectivity index (χ1n) is 8.02. The van der Waals surface area contributed by atoms with Gasteiger partial charge in [0.25, 0.3) is 5.91 Å². The summed E-state index contributed by atoms with van der Waals surface area (Å²) >= 11 is 0.